The Morgan fingerprint density at radius 3 is 1.74 bits per heavy atom. The SMILES string of the molecule is CC[C@H](C)[C@H](NC(=O)[C@H](C)NC(=O)[C@H](CC(N)=O)NC(=O)[C@H](CCCN=C(N)N)NC(=O)[C@@H]1CCCN1C(=O)[C@H](CC(C)C)NC(=O)[C@H](CC(=O)O)NC(=O)[C@H](CO)NC(=O)[C@@H]1CCCN1)C(=O)N[C@@H](CCC(=O)O)C(=O)O. The maximum Gasteiger partial charge on any atom is 0.326 e. The zero-order valence-corrected chi connectivity index (χ0v) is 44.5. The second kappa shape index (κ2) is 32.8. The van der Waals surface area contributed by atoms with Crippen molar-refractivity contribution in [3.63, 3.8) is 0 Å². The third-order valence-electron chi connectivity index (χ3n) is 12.8. The summed E-state index contributed by atoms with van der Waals surface area (Å²) in [6.45, 7) is 7.48. The van der Waals surface area contributed by atoms with Crippen LogP contribution in [0.2, 0.25) is 0 Å². The Labute approximate surface area is 449 Å². The van der Waals surface area contributed by atoms with Gasteiger partial charge in [0.25, 0.3) is 0 Å². The molecule has 11 atom stereocenters. The number of aliphatic carboxylic acids is 3. The number of carbonyl (C=O) groups excluding carboxylic acids is 10. The van der Waals surface area contributed by atoms with E-state index in [1.165, 1.54) is 6.92 Å². The molecule has 2 heterocycles. The van der Waals surface area contributed by atoms with Crippen molar-refractivity contribution in [1.29, 1.82) is 0 Å². The lowest BCUT2D eigenvalue weighted by Crippen LogP contribution is -2.61. The number of likely N-dealkylation sites (tertiary alicyclic amines) is 1. The van der Waals surface area contributed by atoms with E-state index in [4.69, 9.17) is 22.3 Å². The number of hydrogen-bond donors (Lipinski definition) is 16. The van der Waals surface area contributed by atoms with Crippen molar-refractivity contribution in [3.05, 3.63) is 0 Å². The molecule has 0 spiro atoms. The summed E-state index contributed by atoms with van der Waals surface area (Å²) < 4.78 is 0. The van der Waals surface area contributed by atoms with Crippen LogP contribution in [0.1, 0.15) is 112 Å². The minimum absolute atomic E-state index is 0.0171. The van der Waals surface area contributed by atoms with Crippen LogP contribution in [0.4, 0.5) is 0 Å². The summed E-state index contributed by atoms with van der Waals surface area (Å²) in [6, 6.07) is -14.4. The van der Waals surface area contributed by atoms with Gasteiger partial charge in [0.1, 0.15) is 54.4 Å². The quantitative estimate of drug-likeness (QED) is 0.0162. The smallest absolute Gasteiger partial charge is 0.326 e. The number of aliphatic hydroxyl groups is 1. The largest absolute Gasteiger partial charge is 0.481 e. The maximum atomic E-state index is 14.4. The highest BCUT2D eigenvalue weighted by Crippen LogP contribution is 2.22. The fourth-order valence-corrected chi connectivity index (χ4v) is 8.37. The third kappa shape index (κ3) is 22.5. The number of nitrogens with two attached hydrogens (primary N) is 3. The standard InChI is InChI=1S/C47H78N14O17/c1-6-23(4)36(44(75)55-27(46(77)78)13-14-34(64)65)60-37(68)24(5)53-40(71)28(19-33(48)63)56-39(70)26(11-8-16-52-47(49)50)54-43(74)32-12-9-17-61(32)45(76)30(18-22(2)3)58-41(72)29(20-35(66)67)57-42(73)31(21-62)59-38(69)25-10-7-15-51-25/h22-32,36,51,62H,6-21H2,1-5H3,(H2,48,63)(H,53,71)(H,54,74)(H,55,75)(H,56,70)(H,57,73)(H,58,72)(H,59,69)(H,60,68)(H,64,65)(H,66,67)(H,77,78)(H4,49,50,52)/t23-,24-,25-,26-,27-,28-,29-,30-,31-,32-,36-/m0/s1. The van der Waals surface area contributed by atoms with Crippen molar-refractivity contribution < 1.29 is 82.8 Å². The molecule has 0 saturated carbocycles. The fourth-order valence-electron chi connectivity index (χ4n) is 8.37. The Morgan fingerprint density at radius 1 is 0.628 bits per heavy atom. The summed E-state index contributed by atoms with van der Waals surface area (Å²) in [5.41, 5.74) is 16.4. The highest BCUT2D eigenvalue weighted by molar-refractivity contribution is 6.00. The number of carboxylic acid groups (broad SMARTS) is 3. The molecule has 0 aliphatic carbocycles. The van der Waals surface area contributed by atoms with E-state index in [0.29, 0.717) is 25.8 Å². The molecule has 438 valence electrons. The average molecular weight is 1110 g/mol. The van der Waals surface area contributed by atoms with Gasteiger partial charge in [-0.3, -0.25) is 62.5 Å². The van der Waals surface area contributed by atoms with Crippen molar-refractivity contribution >= 4 is 82.9 Å². The van der Waals surface area contributed by atoms with Crippen molar-refractivity contribution in [3.8, 4) is 0 Å². The molecule has 10 amide bonds. The van der Waals surface area contributed by atoms with Crippen molar-refractivity contribution in [1.82, 2.24) is 52.8 Å². The minimum Gasteiger partial charge on any atom is -0.481 e. The number of aliphatic imine (C=N–C) groups is 1. The molecule has 0 aromatic heterocycles. The van der Waals surface area contributed by atoms with Gasteiger partial charge < -0.3 is 90.4 Å². The van der Waals surface area contributed by atoms with E-state index >= 15 is 0 Å². The lowest BCUT2D eigenvalue weighted by molar-refractivity contribution is -0.144. The summed E-state index contributed by atoms with van der Waals surface area (Å²) in [4.78, 5) is 175. The number of nitrogens with zero attached hydrogens (tertiary/aromatic N) is 2. The van der Waals surface area contributed by atoms with E-state index < -0.39 is 176 Å². The summed E-state index contributed by atoms with van der Waals surface area (Å²) >= 11 is 0. The Hall–Kier alpha value is -7.70. The minimum atomic E-state index is -1.80. The van der Waals surface area contributed by atoms with Gasteiger partial charge in [0.15, 0.2) is 5.96 Å². The van der Waals surface area contributed by atoms with E-state index in [1.54, 1.807) is 27.7 Å². The second-order valence-corrected chi connectivity index (χ2v) is 19.6. The molecule has 0 aromatic carbocycles. The molecule has 0 bridgehead atoms. The van der Waals surface area contributed by atoms with E-state index in [2.05, 4.69) is 52.8 Å². The van der Waals surface area contributed by atoms with Gasteiger partial charge in [0, 0.05) is 19.5 Å². The van der Waals surface area contributed by atoms with Crippen molar-refractivity contribution in [2.75, 3.05) is 26.2 Å². The van der Waals surface area contributed by atoms with Crippen LogP contribution in [0.25, 0.3) is 0 Å². The average Bonchev–Trinajstić information content (AvgIpc) is 4.09. The van der Waals surface area contributed by atoms with Gasteiger partial charge in [-0.2, -0.15) is 0 Å². The molecular weight excluding hydrogens is 1030 g/mol. The first-order chi connectivity index (χ1) is 36.6. The molecule has 78 heavy (non-hydrogen) atoms. The molecule has 31 heteroatoms. The van der Waals surface area contributed by atoms with Crippen molar-refractivity contribution in [2.24, 2.45) is 34.0 Å². The van der Waals surface area contributed by atoms with Crippen LogP contribution in [-0.4, -0.2) is 195 Å². The van der Waals surface area contributed by atoms with Gasteiger partial charge in [-0.1, -0.05) is 34.1 Å². The highest BCUT2D eigenvalue weighted by Gasteiger charge is 2.41. The van der Waals surface area contributed by atoms with Gasteiger partial charge >= 0.3 is 17.9 Å². The van der Waals surface area contributed by atoms with Gasteiger partial charge in [-0.15, -0.1) is 0 Å². The highest BCUT2D eigenvalue weighted by atomic mass is 16.4. The van der Waals surface area contributed by atoms with E-state index in [-0.39, 0.29) is 57.1 Å². The van der Waals surface area contributed by atoms with Crippen LogP contribution in [0, 0.1) is 11.8 Å². The third-order valence-corrected chi connectivity index (χ3v) is 12.8. The zero-order chi connectivity index (χ0) is 59.0. The van der Waals surface area contributed by atoms with Crippen LogP contribution < -0.4 is 65.1 Å². The number of amides is 10. The summed E-state index contributed by atoms with van der Waals surface area (Å²) in [5, 5.41) is 60.1. The monoisotopic (exact) mass is 1110 g/mol. The van der Waals surface area contributed by atoms with E-state index in [1.807, 2.05) is 0 Å². The Balaban J connectivity index is 2.34. The number of rotatable bonds is 34. The van der Waals surface area contributed by atoms with E-state index in [0.717, 1.165) is 4.90 Å². The molecule has 2 saturated heterocycles. The van der Waals surface area contributed by atoms with Crippen LogP contribution >= 0.6 is 0 Å². The molecule has 31 nitrogen and oxygen atoms in total. The molecule has 2 fully saturated rings. The normalized spacial score (nSPS) is 18.4. The Morgan fingerprint density at radius 2 is 1.21 bits per heavy atom. The lowest BCUT2D eigenvalue weighted by atomic mass is 9.97. The van der Waals surface area contributed by atoms with Gasteiger partial charge in [0.2, 0.25) is 59.1 Å². The number of guanidine groups is 1. The molecular formula is C47H78N14O17. The molecule has 2 rings (SSSR count). The second-order valence-electron chi connectivity index (χ2n) is 19.6. The van der Waals surface area contributed by atoms with Crippen molar-refractivity contribution in [2.45, 2.75) is 172 Å². The number of primary amides is 1. The Bertz CT molecular complexity index is 2210. The molecule has 0 aromatic rings. The van der Waals surface area contributed by atoms with Crippen LogP contribution in [-0.2, 0) is 62.3 Å². The number of carboxylic acids is 3. The van der Waals surface area contributed by atoms with E-state index in [9.17, 15) is 77.6 Å². The molecule has 2 aliphatic rings. The molecule has 2 aliphatic heterocycles. The lowest BCUT2D eigenvalue weighted by Gasteiger charge is -2.31. The van der Waals surface area contributed by atoms with Crippen LogP contribution in [0.5, 0.6) is 0 Å². The maximum absolute atomic E-state index is 14.4. The molecule has 19 N–H and O–H groups in total. The summed E-state index contributed by atoms with van der Waals surface area (Å²) in [6.07, 6.45) is -1.24. The van der Waals surface area contributed by atoms with Crippen LogP contribution in [0.15, 0.2) is 4.99 Å². The molecule has 0 radical (unpaired) electrons. The summed E-state index contributed by atoms with van der Waals surface area (Å²) in [5.74, 6) is -15.1. The molecule has 0 unspecified atom stereocenters. The predicted molar refractivity (Wildman–Crippen MR) is 273 cm³/mol. The topological polar surface area (TPSA) is 505 Å². The number of hydrogen-bond acceptors (Lipinski definition) is 16. The number of aliphatic hydroxyl groups excluding tert-OH is 1. The first kappa shape index (κ1) is 66.4. The fraction of sp³-hybridized carbons (Fsp3) is 0.702. The predicted octanol–water partition coefficient (Wildman–Crippen LogP) is -5.93. The van der Waals surface area contributed by atoms with Gasteiger partial charge in [0.05, 0.1) is 25.5 Å². The first-order valence-corrected chi connectivity index (χ1v) is 25.7. The van der Waals surface area contributed by atoms with Crippen LogP contribution in [0.3, 0.4) is 0 Å². The van der Waals surface area contributed by atoms with Gasteiger partial charge in [-0.05, 0) is 76.7 Å². The van der Waals surface area contributed by atoms with Gasteiger partial charge in [-0.25, -0.2) is 4.79 Å². The number of carbonyl (C=O) groups is 13. The number of nitrogens with one attached hydrogen (secondary N) is 9. The Kier molecular flexibility index (Phi) is 27.9. The zero-order valence-electron chi connectivity index (χ0n) is 44.5. The first-order valence-electron chi connectivity index (χ1n) is 25.7. The summed E-state index contributed by atoms with van der Waals surface area (Å²) in [7, 11) is 0.